The molecule has 8 nitrogen and oxygen atoms in total. The normalized spacial score (nSPS) is 13.8. The molecule has 2 aromatic heterocycles. The molecule has 3 aromatic carbocycles. The number of rotatable bonds is 8. The lowest BCUT2D eigenvalue weighted by Crippen LogP contribution is -2.17. The van der Waals surface area contributed by atoms with E-state index < -0.39 is 26.9 Å². The second-order valence-corrected chi connectivity index (χ2v) is 11.2. The molecule has 5 aromatic rings. The average Bonchev–Trinajstić information content (AvgIpc) is 3.51. The first kappa shape index (κ1) is 24.3. The van der Waals surface area contributed by atoms with E-state index in [1.165, 1.54) is 6.07 Å². The van der Waals surface area contributed by atoms with Crippen molar-refractivity contribution >= 4 is 26.7 Å². The molecule has 11 heteroatoms. The number of benzene rings is 3. The zero-order valence-corrected chi connectivity index (χ0v) is 20.9. The highest BCUT2D eigenvalue weighted by Crippen LogP contribution is 2.34. The third-order valence-electron chi connectivity index (χ3n) is 6.50. The zero-order valence-electron chi connectivity index (χ0n) is 20.1. The van der Waals surface area contributed by atoms with Crippen molar-refractivity contribution in [2.75, 3.05) is 11.3 Å². The molecule has 0 unspecified atom stereocenters. The van der Waals surface area contributed by atoms with Crippen molar-refractivity contribution in [3.63, 3.8) is 0 Å². The Morgan fingerprint density at radius 2 is 1.84 bits per heavy atom. The van der Waals surface area contributed by atoms with Crippen molar-refractivity contribution in [1.82, 2.24) is 19.3 Å². The molecule has 0 amide bonds. The Labute approximate surface area is 217 Å². The third-order valence-corrected chi connectivity index (χ3v) is 8.37. The maximum atomic E-state index is 14.7. The SMILES string of the molecule is O=S(=O)(Nc1cc(-c2ccc(F)cc2F)cc(-n2cnc3cc(-c4cnn(CCO)c4)ccc32)c1)C1CC1. The summed E-state index contributed by atoms with van der Waals surface area (Å²) in [6.45, 7) is 0.388. The topological polar surface area (TPSA) is 102 Å². The zero-order chi connectivity index (χ0) is 26.4. The second kappa shape index (κ2) is 9.34. The van der Waals surface area contributed by atoms with Gasteiger partial charge in [0.25, 0.3) is 0 Å². The number of hydrogen-bond donors (Lipinski definition) is 2. The van der Waals surface area contributed by atoms with Crippen LogP contribution in [-0.2, 0) is 16.6 Å². The van der Waals surface area contributed by atoms with E-state index in [2.05, 4.69) is 14.8 Å². The molecule has 0 saturated heterocycles. The monoisotopic (exact) mass is 535 g/mol. The van der Waals surface area contributed by atoms with Gasteiger partial charge < -0.3 is 5.11 Å². The molecule has 194 valence electrons. The Hall–Kier alpha value is -4.09. The summed E-state index contributed by atoms with van der Waals surface area (Å²) in [6.07, 6.45) is 6.37. The van der Waals surface area contributed by atoms with Crippen LogP contribution >= 0.6 is 0 Å². The number of nitrogens with zero attached hydrogens (tertiary/aromatic N) is 4. The molecule has 2 N–H and O–H groups in total. The Morgan fingerprint density at radius 3 is 2.61 bits per heavy atom. The Bertz CT molecular complexity index is 1780. The van der Waals surface area contributed by atoms with Gasteiger partial charge in [-0.05, 0) is 66.4 Å². The first-order chi connectivity index (χ1) is 18.3. The Kier molecular flexibility index (Phi) is 5.96. The average molecular weight is 536 g/mol. The van der Waals surface area contributed by atoms with Crippen molar-refractivity contribution in [1.29, 1.82) is 0 Å². The minimum atomic E-state index is -3.57. The quantitative estimate of drug-likeness (QED) is 0.299. The van der Waals surface area contributed by atoms with E-state index in [0.717, 1.165) is 28.8 Å². The van der Waals surface area contributed by atoms with Crippen molar-refractivity contribution in [2.24, 2.45) is 0 Å². The molecule has 0 radical (unpaired) electrons. The van der Waals surface area contributed by atoms with Crippen LogP contribution in [0.2, 0.25) is 0 Å². The number of aromatic nitrogens is 4. The molecule has 0 atom stereocenters. The Morgan fingerprint density at radius 1 is 1.00 bits per heavy atom. The molecule has 38 heavy (non-hydrogen) atoms. The molecular weight excluding hydrogens is 512 g/mol. The summed E-state index contributed by atoms with van der Waals surface area (Å²) >= 11 is 0. The minimum absolute atomic E-state index is 0.00967. The molecule has 0 aliphatic heterocycles. The number of aliphatic hydroxyl groups is 1. The highest BCUT2D eigenvalue weighted by molar-refractivity contribution is 7.93. The first-order valence-corrected chi connectivity index (χ1v) is 13.6. The molecule has 1 aliphatic carbocycles. The van der Waals surface area contributed by atoms with E-state index in [9.17, 15) is 17.2 Å². The van der Waals surface area contributed by atoms with Crippen LogP contribution in [0.15, 0.2) is 73.3 Å². The Balaban J connectivity index is 1.44. The highest BCUT2D eigenvalue weighted by Gasteiger charge is 2.35. The standard InChI is InChI=1S/C27H23F2N5O3S/c28-20-2-5-24(25(29)12-20)18-9-21(32-38(36,37)23-3-4-23)13-22(10-18)34-16-30-26-11-17(1-6-27(26)34)19-14-31-33(15-19)7-8-35/h1-2,5-6,9-16,23,32,35H,3-4,7-8H2. The van der Waals surface area contributed by atoms with Crippen molar-refractivity contribution < 1.29 is 22.3 Å². The lowest BCUT2D eigenvalue weighted by molar-refractivity contribution is 0.269. The van der Waals surface area contributed by atoms with Gasteiger partial charge in [0.1, 0.15) is 18.0 Å². The van der Waals surface area contributed by atoms with Gasteiger partial charge in [0.05, 0.1) is 41.3 Å². The molecule has 0 bridgehead atoms. The van der Waals surface area contributed by atoms with Crippen LogP contribution in [0, 0.1) is 11.6 Å². The fourth-order valence-electron chi connectivity index (χ4n) is 4.45. The summed E-state index contributed by atoms with van der Waals surface area (Å²) in [5.41, 5.74) is 4.59. The largest absolute Gasteiger partial charge is 0.394 e. The molecular formula is C27H23F2N5O3S. The molecule has 1 saturated carbocycles. The van der Waals surface area contributed by atoms with Crippen LogP contribution in [0.4, 0.5) is 14.5 Å². The predicted octanol–water partition coefficient (Wildman–Crippen LogP) is 4.73. The minimum Gasteiger partial charge on any atom is -0.394 e. The number of halogens is 2. The number of nitrogens with one attached hydrogen (secondary N) is 1. The van der Waals surface area contributed by atoms with Gasteiger partial charge in [-0.25, -0.2) is 22.2 Å². The van der Waals surface area contributed by atoms with Crippen molar-refractivity contribution in [3.8, 4) is 27.9 Å². The van der Waals surface area contributed by atoms with Gasteiger partial charge in [-0.15, -0.1) is 0 Å². The third kappa shape index (κ3) is 4.66. The number of imidazole rings is 1. The maximum absolute atomic E-state index is 14.7. The van der Waals surface area contributed by atoms with Gasteiger partial charge in [-0.1, -0.05) is 6.07 Å². The van der Waals surface area contributed by atoms with E-state index in [-0.39, 0.29) is 17.9 Å². The van der Waals surface area contributed by atoms with Crippen LogP contribution < -0.4 is 4.72 Å². The smallest absolute Gasteiger partial charge is 0.235 e. The van der Waals surface area contributed by atoms with E-state index in [1.54, 1.807) is 40.0 Å². The van der Waals surface area contributed by atoms with Crippen LogP contribution in [0.25, 0.3) is 39.0 Å². The van der Waals surface area contributed by atoms with E-state index >= 15 is 0 Å². The molecule has 1 aliphatic rings. The van der Waals surface area contributed by atoms with Gasteiger partial charge in [0.2, 0.25) is 10.0 Å². The fourth-order valence-corrected chi connectivity index (χ4v) is 5.82. The van der Waals surface area contributed by atoms with Gasteiger partial charge >= 0.3 is 0 Å². The second-order valence-electron chi connectivity index (χ2n) is 9.27. The lowest BCUT2D eigenvalue weighted by atomic mass is 10.0. The summed E-state index contributed by atoms with van der Waals surface area (Å²) in [4.78, 5) is 4.53. The van der Waals surface area contributed by atoms with Crippen LogP contribution in [0.3, 0.4) is 0 Å². The molecule has 1 fully saturated rings. The molecule has 2 heterocycles. The summed E-state index contributed by atoms with van der Waals surface area (Å²) in [5, 5.41) is 12.9. The van der Waals surface area contributed by atoms with E-state index in [4.69, 9.17) is 5.11 Å². The molecule has 0 spiro atoms. The number of aliphatic hydroxyl groups excluding tert-OH is 1. The van der Waals surface area contributed by atoms with E-state index in [1.807, 2.05) is 24.4 Å². The summed E-state index contributed by atoms with van der Waals surface area (Å²) in [7, 11) is -3.57. The first-order valence-electron chi connectivity index (χ1n) is 12.0. The van der Waals surface area contributed by atoms with Crippen LogP contribution in [0.5, 0.6) is 0 Å². The summed E-state index contributed by atoms with van der Waals surface area (Å²) in [5.74, 6) is -1.45. The molecule has 6 rings (SSSR count). The van der Waals surface area contributed by atoms with Gasteiger partial charge in [-0.2, -0.15) is 5.10 Å². The van der Waals surface area contributed by atoms with Crippen molar-refractivity contribution in [3.05, 3.63) is 85.0 Å². The van der Waals surface area contributed by atoms with Crippen LogP contribution in [0.1, 0.15) is 12.8 Å². The summed E-state index contributed by atoms with van der Waals surface area (Å²) < 4.78 is 59.7. The lowest BCUT2D eigenvalue weighted by Gasteiger charge is -2.14. The highest BCUT2D eigenvalue weighted by atomic mass is 32.2. The van der Waals surface area contributed by atoms with Gasteiger partial charge in [0, 0.05) is 29.1 Å². The summed E-state index contributed by atoms with van der Waals surface area (Å²) in [6, 6.07) is 13.9. The number of anilines is 1. The van der Waals surface area contributed by atoms with Crippen LogP contribution in [-0.4, -0.2) is 44.7 Å². The van der Waals surface area contributed by atoms with Gasteiger partial charge in [0.15, 0.2) is 0 Å². The number of hydrogen-bond acceptors (Lipinski definition) is 5. The predicted molar refractivity (Wildman–Crippen MR) is 140 cm³/mol. The number of sulfonamides is 1. The van der Waals surface area contributed by atoms with E-state index in [0.29, 0.717) is 36.2 Å². The van der Waals surface area contributed by atoms with Crippen molar-refractivity contribution in [2.45, 2.75) is 24.6 Å². The van der Waals surface area contributed by atoms with Gasteiger partial charge in [-0.3, -0.25) is 14.0 Å². The maximum Gasteiger partial charge on any atom is 0.235 e. The fraction of sp³-hybridized carbons (Fsp3) is 0.185. The number of fused-ring (bicyclic) bond motifs is 1.